The van der Waals surface area contributed by atoms with Gasteiger partial charge in [-0.25, -0.2) is 18.5 Å². The number of nitrogens with two attached hydrogens (primary N) is 1. The molecule has 0 radical (unpaired) electrons. The number of anilines is 1. The summed E-state index contributed by atoms with van der Waals surface area (Å²) in [5.41, 5.74) is 0.605. The average Bonchev–Trinajstić information content (AvgIpc) is 2.80. The molecule has 0 bridgehead atoms. The largest absolute Gasteiger partial charge is 0.374 e. The van der Waals surface area contributed by atoms with Gasteiger partial charge in [0.2, 0.25) is 10.0 Å². The molecule has 0 atom stereocenters. The number of benzene rings is 1. The first kappa shape index (κ1) is 15.4. The third-order valence-electron chi connectivity index (χ3n) is 2.62. The SMILES string of the molecule is Cc1nc(CNc2ccc(S(N)(=O)=O)cc2[N+](=O)[O-])cs1. The molecule has 1 heterocycles. The number of thiazole rings is 1. The third-order valence-corrected chi connectivity index (χ3v) is 4.35. The van der Waals surface area contributed by atoms with Crippen LogP contribution in [-0.4, -0.2) is 18.3 Å². The lowest BCUT2D eigenvalue weighted by atomic mass is 10.2. The van der Waals surface area contributed by atoms with Crippen molar-refractivity contribution < 1.29 is 13.3 Å². The molecule has 0 saturated heterocycles. The molecule has 112 valence electrons. The van der Waals surface area contributed by atoms with Gasteiger partial charge in [0, 0.05) is 11.4 Å². The summed E-state index contributed by atoms with van der Waals surface area (Å²) in [6.07, 6.45) is 0. The summed E-state index contributed by atoms with van der Waals surface area (Å²) >= 11 is 1.48. The van der Waals surface area contributed by atoms with Crippen molar-refractivity contribution in [1.82, 2.24) is 4.98 Å². The molecule has 21 heavy (non-hydrogen) atoms. The second-order valence-corrected chi connectivity index (χ2v) is 6.82. The van der Waals surface area contributed by atoms with Gasteiger partial charge in [-0.05, 0) is 19.1 Å². The molecular formula is C11H12N4O4S2. The van der Waals surface area contributed by atoms with E-state index in [9.17, 15) is 18.5 Å². The smallest absolute Gasteiger partial charge is 0.293 e. The van der Waals surface area contributed by atoms with Crippen LogP contribution in [-0.2, 0) is 16.6 Å². The highest BCUT2D eigenvalue weighted by Gasteiger charge is 2.19. The van der Waals surface area contributed by atoms with Crippen LogP contribution in [0, 0.1) is 17.0 Å². The lowest BCUT2D eigenvalue weighted by molar-refractivity contribution is -0.384. The zero-order valence-electron chi connectivity index (χ0n) is 10.9. The Morgan fingerprint density at radius 1 is 1.48 bits per heavy atom. The van der Waals surface area contributed by atoms with Crippen LogP contribution in [0.3, 0.4) is 0 Å². The molecule has 2 rings (SSSR count). The first-order valence-electron chi connectivity index (χ1n) is 5.73. The molecule has 1 aromatic heterocycles. The van der Waals surface area contributed by atoms with Crippen LogP contribution in [0.1, 0.15) is 10.7 Å². The molecule has 0 saturated carbocycles. The summed E-state index contributed by atoms with van der Waals surface area (Å²) in [5.74, 6) is 0. The van der Waals surface area contributed by atoms with E-state index in [1.807, 2.05) is 12.3 Å². The summed E-state index contributed by atoms with van der Waals surface area (Å²) in [6.45, 7) is 2.16. The van der Waals surface area contributed by atoms with Gasteiger partial charge < -0.3 is 5.32 Å². The summed E-state index contributed by atoms with van der Waals surface area (Å²) in [5, 5.41) is 21.6. The number of primary sulfonamides is 1. The number of hydrogen-bond donors (Lipinski definition) is 2. The molecule has 2 aromatic rings. The molecular weight excluding hydrogens is 316 g/mol. The van der Waals surface area contributed by atoms with Gasteiger partial charge in [0.05, 0.1) is 27.1 Å². The van der Waals surface area contributed by atoms with Crippen LogP contribution in [0.2, 0.25) is 0 Å². The van der Waals surface area contributed by atoms with Crippen molar-refractivity contribution in [3.8, 4) is 0 Å². The fourth-order valence-electron chi connectivity index (χ4n) is 1.66. The number of rotatable bonds is 5. The quantitative estimate of drug-likeness (QED) is 0.634. The number of aryl methyl sites for hydroxylation is 1. The Morgan fingerprint density at radius 3 is 2.71 bits per heavy atom. The Balaban J connectivity index is 2.28. The van der Waals surface area contributed by atoms with Crippen molar-refractivity contribution >= 4 is 32.7 Å². The second kappa shape index (κ2) is 5.76. The molecule has 0 fully saturated rings. The van der Waals surface area contributed by atoms with Crippen molar-refractivity contribution in [2.75, 3.05) is 5.32 Å². The van der Waals surface area contributed by atoms with Crippen molar-refractivity contribution in [3.63, 3.8) is 0 Å². The molecule has 0 aliphatic heterocycles. The highest BCUT2D eigenvalue weighted by Crippen LogP contribution is 2.27. The lowest BCUT2D eigenvalue weighted by Gasteiger charge is -2.07. The van der Waals surface area contributed by atoms with E-state index >= 15 is 0 Å². The van der Waals surface area contributed by atoms with Crippen LogP contribution < -0.4 is 10.5 Å². The van der Waals surface area contributed by atoms with E-state index in [2.05, 4.69) is 10.3 Å². The van der Waals surface area contributed by atoms with Crippen LogP contribution >= 0.6 is 11.3 Å². The highest BCUT2D eigenvalue weighted by molar-refractivity contribution is 7.89. The van der Waals surface area contributed by atoms with E-state index < -0.39 is 14.9 Å². The van der Waals surface area contributed by atoms with E-state index in [-0.39, 0.29) is 16.3 Å². The van der Waals surface area contributed by atoms with Crippen molar-refractivity contribution in [2.24, 2.45) is 5.14 Å². The van der Waals surface area contributed by atoms with Crippen LogP contribution in [0.15, 0.2) is 28.5 Å². The number of sulfonamides is 1. The minimum absolute atomic E-state index is 0.207. The van der Waals surface area contributed by atoms with Crippen LogP contribution in [0.5, 0.6) is 0 Å². The lowest BCUT2D eigenvalue weighted by Crippen LogP contribution is -2.13. The van der Waals surface area contributed by atoms with Crippen LogP contribution in [0.25, 0.3) is 0 Å². The number of nitrogens with one attached hydrogen (secondary N) is 1. The van der Waals surface area contributed by atoms with Gasteiger partial charge in [0.1, 0.15) is 5.69 Å². The van der Waals surface area contributed by atoms with Gasteiger partial charge in [-0.15, -0.1) is 11.3 Å². The number of nitrogens with zero attached hydrogens (tertiary/aromatic N) is 2. The average molecular weight is 328 g/mol. The molecule has 0 aliphatic carbocycles. The van der Waals surface area contributed by atoms with Gasteiger partial charge in [-0.3, -0.25) is 10.1 Å². The van der Waals surface area contributed by atoms with Crippen molar-refractivity contribution in [3.05, 3.63) is 44.4 Å². The fourth-order valence-corrected chi connectivity index (χ4v) is 2.81. The summed E-state index contributed by atoms with van der Waals surface area (Å²) in [7, 11) is -3.98. The van der Waals surface area contributed by atoms with Gasteiger partial charge in [-0.2, -0.15) is 0 Å². The standard InChI is InChI=1S/C11H12N4O4S2/c1-7-14-8(6-20-7)5-13-10-3-2-9(21(12,18)19)4-11(10)15(16)17/h2-4,6,13H,5H2,1H3,(H2,12,18,19). The van der Waals surface area contributed by atoms with Gasteiger partial charge in [0.15, 0.2) is 0 Å². The zero-order valence-corrected chi connectivity index (χ0v) is 12.6. The Labute approximate surface area is 124 Å². The maximum absolute atomic E-state index is 11.2. The van der Waals surface area contributed by atoms with Crippen molar-refractivity contribution in [2.45, 2.75) is 18.4 Å². The normalized spacial score (nSPS) is 11.3. The summed E-state index contributed by atoms with van der Waals surface area (Å²) in [4.78, 5) is 14.3. The minimum atomic E-state index is -3.98. The van der Waals surface area contributed by atoms with Crippen LogP contribution in [0.4, 0.5) is 11.4 Å². The van der Waals surface area contributed by atoms with Gasteiger partial charge in [0.25, 0.3) is 5.69 Å². The molecule has 3 N–H and O–H groups in total. The van der Waals surface area contributed by atoms with E-state index in [0.717, 1.165) is 16.8 Å². The summed E-state index contributed by atoms with van der Waals surface area (Å²) in [6, 6.07) is 3.47. The number of aromatic nitrogens is 1. The molecule has 0 amide bonds. The first-order chi connectivity index (χ1) is 9.77. The number of nitro benzene ring substituents is 1. The molecule has 0 unspecified atom stereocenters. The predicted octanol–water partition coefficient (Wildman–Crippen LogP) is 1.62. The highest BCUT2D eigenvalue weighted by atomic mass is 32.2. The predicted molar refractivity (Wildman–Crippen MR) is 78.6 cm³/mol. The molecule has 0 spiro atoms. The Hall–Kier alpha value is -2.04. The van der Waals surface area contributed by atoms with Gasteiger partial charge in [-0.1, -0.05) is 0 Å². The van der Waals surface area contributed by atoms with E-state index in [0.29, 0.717) is 6.54 Å². The van der Waals surface area contributed by atoms with E-state index in [4.69, 9.17) is 5.14 Å². The number of hydrogen-bond acceptors (Lipinski definition) is 7. The maximum atomic E-state index is 11.2. The molecule has 0 aliphatic rings. The monoisotopic (exact) mass is 328 g/mol. The fraction of sp³-hybridized carbons (Fsp3) is 0.182. The Morgan fingerprint density at radius 2 is 2.19 bits per heavy atom. The molecule has 10 heteroatoms. The zero-order chi connectivity index (χ0) is 15.6. The Kier molecular flexibility index (Phi) is 4.21. The second-order valence-electron chi connectivity index (χ2n) is 4.19. The maximum Gasteiger partial charge on any atom is 0.293 e. The number of nitro groups is 1. The van der Waals surface area contributed by atoms with Crippen molar-refractivity contribution in [1.29, 1.82) is 0 Å². The van der Waals surface area contributed by atoms with E-state index in [1.54, 1.807) is 0 Å². The first-order valence-corrected chi connectivity index (χ1v) is 8.16. The minimum Gasteiger partial charge on any atom is -0.374 e. The Bertz CT molecular complexity index is 785. The topological polar surface area (TPSA) is 128 Å². The van der Waals surface area contributed by atoms with Gasteiger partial charge >= 0.3 is 0 Å². The summed E-state index contributed by atoms with van der Waals surface area (Å²) < 4.78 is 22.5. The molecule has 1 aromatic carbocycles. The van der Waals surface area contributed by atoms with E-state index in [1.165, 1.54) is 23.5 Å². The molecule has 8 nitrogen and oxygen atoms in total. The third kappa shape index (κ3) is 3.74.